The fourth-order valence-corrected chi connectivity index (χ4v) is 6.11. The van der Waals surface area contributed by atoms with Crippen molar-refractivity contribution in [1.29, 1.82) is 0 Å². The normalized spacial score (nSPS) is 15.9. The molecule has 0 atom stereocenters. The van der Waals surface area contributed by atoms with E-state index < -0.39 is 10.0 Å². The van der Waals surface area contributed by atoms with E-state index in [1.54, 1.807) is 12.1 Å². The van der Waals surface area contributed by atoms with E-state index in [-0.39, 0.29) is 17.9 Å². The van der Waals surface area contributed by atoms with Gasteiger partial charge in [-0.3, -0.25) is 9.48 Å². The van der Waals surface area contributed by atoms with Gasteiger partial charge in [-0.05, 0) is 67.8 Å². The number of amides is 1. The lowest BCUT2D eigenvalue weighted by molar-refractivity contribution is -0.120. The zero-order chi connectivity index (χ0) is 23.9. The van der Waals surface area contributed by atoms with Crippen molar-refractivity contribution in [1.82, 2.24) is 14.1 Å². The second kappa shape index (κ2) is 8.85. The molecule has 0 aliphatic carbocycles. The third-order valence-electron chi connectivity index (χ3n) is 6.54. The number of rotatable bonds is 5. The molecule has 0 unspecified atom stereocenters. The molecular weight excluding hydrogens is 448 g/mol. The predicted octanol–water partition coefficient (Wildman–Crippen LogP) is 4.81. The molecule has 34 heavy (non-hydrogen) atoms. The van der Waals surface area contributed by atoms with Crippen LogP contribution in [0.5, 0.6) is 0 Å². The topological polar surface area (TPSA) is 84.3 Å². The van der Waals surface area contributed by atoms with Crippen molar-refractivity contribution in [3.63, 3.8) is 0 Å². The smallest absolute Gasteiger partial charge is 0.243 e. The Labute approximate surface area is 199 Å². The van der Waals surface area contributed by atoms with E-state index in [2.05, 4.69) is 24.3 Å². The van der Waals surface area contributed by atoms with Crippen molar-refractivity contribution in [2.24, 2.45) is 5.92 Å². The first-order chi connectivity index (χ1) is 16.3. The van der Waals surface area contributed by atoms with Gasteiger partial charge in [0.2, 0.25) is 15.9 Å². The van der Waals surface area contributed by atoms with Crippen molar-refractivity contribution in [2.75, 3.05) is 18.4 Å². The van der Waals surface area contributed by atoms with E-state index in [4.69, 9.17) is 0 Å². The molecule has 0 saturated carbocycles. The van der Waals surface area contributed by atoms with Gasteiger partial charge in [-0.2, -0.15) is 9.40 Å². The van der Waals surface area contributed by atoms with Crippen LogP contribution >= 0.6 is 0 Å². The van der Waals surface area contributed by atoms with Crippen LogP contribution in [-0.4, -0.2) is 41.5 Å². The summed E-state index contributed by atoms with van der Waals surface area (Å²) in [5, 5.41) is 10.4. The minimum atomic E-state index is -3.60. The maximum Gasteiger partial charge on any atom is 0.243 e. The van der Waals surface area contributed by atoms with Gasteiger partial charge in [0.1, 0.15) is 0 Å². The summed E-state index contributed by atoms with van der Waals surface area (Å²) in [6.45, 7) is 4.79. The number of nitrogens with zero attached hydrogens (tertiary/aromatic N) is 3. The van der Waals surface area contributed by atoms with Crippen molar-refractivity contribution >= 4 is 43.3 Å². The molecule has 8 heteroatoms. The van der Waals surface area contributed by atoms with Gasteiger partial charge in [-0.1, -0.05) is 30.3 Å². The Morgan fingerprint density at radius 3 is 2.41 bits per heavy atom. The molecule has 1 aliphatic heterocycles. The van der Waals surface area contributed by atoms with Crippen LogP contribution in [0.4, 0.5) is 5.69 Å². The zero-order valence-electron chi connectivity index (χ0n) is 19.3. The first-order valence-corrected chi connectivity index (χ1v) is 13.0. The van der Waals surface area contributed by atoms with Gasteiger partial charge in [0, 0.05) is 36.1 Å². The highest BCUT2D eigenvalue weighted by atomic mass is 32.2. The lowest BCUT2D eigenvalue weighted by Gasteiger charge is -2.30. The van der Waals surface area contributed by atoms with Gasteiger partial charge >= 0.3 is 0 Å². The minimum absolute atomic E-state index is 0.0716. The SMILES string of the molecule is CC(C)n1ncc2ccc(NC(=O)C3CCN(S(=O)(=O)c4ccc5ccccc5c4)CC3)cc21. The first-order valence-electron chi connectivity index (χ1n) is 11.6. The number of anilines is 1. The number of carbonyl (C=O) groups is 1. The molecule has 1 fully saturated rings. The molecular formula is C26H28N4O3S. The Balaban J connectivity index is 1.26. The van der Waals surface area contributed by atoms with Gasteiger partial charge in [0.25, 0.3) is 0 Å². The fraction of sp³-hybridized carbons (Fsp3) is 0.308. The van der Waals surface area contributed by atoms with E-state index >= 15 is 0 Å². The molecule has 5 rings (SSSR count). The Morgan fingerprint density at radius 2 is 1.68 bits per heavy atom. The fourth-order valence-electron chi connectivity index (χ4n) is 4.61. The van der Waals surface area contributed by atoms with Crippen LogP contribution in [0.3, 0.4) is 0 Å². The monoisotopic (exact) mass is 476 g/mol. The van der Waals surface area contributed by atoms with E-state index in [9.17, 15) is 13.2 Å². The number of benzene rings is 3. The summed E-state index contributed by atoms with van der Waals surface area (Å²) in [4.78, 5) is 13.2. The summed E-state index contributed by atoms with van der Waals surface area (Å²) in [6, 6.07) is 18.9. The van der Waals surface area contributed by atoms with E-state index in [1.807, 2.05) is 59.4 Å². The molecule has 0 radical (unpaired) electrons. The minimum Gasteiger partial charge on any atom is -0.326 e. The van der Waals surface area contributed by atoms with Crippen LogP contribution in [-0.2, 0) is 14.8 Å². The van der Waals surface area contributed by atoms with Crippen molar-refractivity contribution in [2.45, 2.75) is 37.6 Å². The van der Waals surface area contributed by atoms with Gasteiger partial charge in [-0.25, -0.2) is 8.42 Å². The Hall–Kier alpha value is -3.23. The highest BCUT2D eigenvalue weighted by molar-refractivity contribution is 7.89. The summed E-state index contributed by atoms with van der Waals surface area (Å²) < 4.78 is 29.8. The first kappa shape index (κ1) is 22.6. The van der Waals surface area contributed by atoms with Crippen LogP contribution < -0.4 is 5.32 Å². The summed E-state index contributed by atoms with van der Waals surface area (Å²) >= 11 is 0. The number of carbonyl (C=O) groups excluding carboxylic acids is 1. The van der Waals surface area contributed by atoms with Crippen LogP contribution in [0.15, 0.2) is 71.8 Å². The molecule has 3 aromatic carbocycles. The molecule has 7 nitrogen and oxygen atoms in total. The maximum absolute atomic E-state index is 13.2. The van der Waals surface area contributed by atoms with Crippen LogP contribution in [0, 0.1) is 5.92 Å². The van der Waals surface area contributed by atoms with Crippen molar-refractivity contribution < 1.29 is 13.2 Å². The average Bonchev–Trinajstić information content (AvgIpc) is 3.27. The van der Waals surface area contributed by atoms with Crippen molar-refractivity contribution in [3.8, 4) is 0 Å². The standard InChI is InChI=1S/C26H28N4O3S/c1-18(2)30-25-16-23(9-7-22(25)17-27-30)28-26(31)20-11-13-29(14-12-20)34(32,33)24-10-8-19-5-3-4-6-21(19)15-24/h3-10,15-18,20H,11-14H2,1-2H3,(H,28,31). The van der Waals surface area contributed by atoms with Gasteiger partial charge in [0.15, 0.2) is 0 Å². The van der Waals surface area contributed by atoms with Gasteiger partial charge in [0.05, 0.1) is 16.6 Å². The van der Waals surface area contributed by atoms with Crippen LogP contribution in [0.2, 0.25) is 0 Å². The number of hydrogen-bond donors (Lipinski definition) is 1. The molecule has 0 bridgehead atoms. The maximum atomic E-state index is 13.2. The molecule has 0 spiro atoms. The highest BCUT2D eigenvalue weighted by Gasteiger charge is 2.32. The quantitative estimate of drug-likeness (QED) is 0.448. The van der Waals surface area contributed by atoms with Gasteiger partial charge in [-0.15, -0.1) is 0 Å². The third-order valence-corrected chi connectivity index (χ3v) is 8.43. The summed E-state index contributed by atoms with van der Waals surface area (Å²) in [7, 11) is -3.60. The third kappa shape index (κ3) is 4.19. The predicted molar refractivity (Wildman–Crippen MR) is 134 cm³/mol. The molecule has 1 saturated heterocycles. The van der Waals surface area contributed by atoms with E-state index in [1.165, 1.54) is 4.31 Å². The number of sulfonamides is 1. The van der Waals surface area contributed by atoms with Crippen molar-refractivity contribution in [3.05, 3.63) is 66.9 Å². The number of piperidine rings is 1. The van der Waals surface area contributed by atoms with E-state index in [0.29, 0.717) is 30.8 Å². The molecule has 1 aromatic heterocycles. The van der Waals surface area contributed by atoms with E-state index in [0.717, 1.165) is 27.4 Å². The zero-order valence-corrected chi connectivity index (χ0v) is 20.1. The lowest BCUT2D eigenvalue weighted by atomic mass is 9.97. The second-order valence-corrected chi connectivity index (χ2v) is 11.1. The summed E-state index contributed by atoms with van der Waals surface area (Å²) in [5.74, 6) is -0.300. The van der Waals surface area contributed by atoms with Crippen LogP contribution in [0.1, 0.15) is 32.7 Å². The Bertz CT molecular complexity index is 1470. The van der Waals surface area contributed by atoms with Crippen LogP contribution in [0.25, 0.3) is 21.7 Å². The number of nitrogens with one attached hydrogen (secondary N) is 1. The highest BCUT2D eigenvalue weighted by Crippen LogP contribution is 2.28. The Kier molecular flexibility index (Phi) is 5.87. The lowest BCUT2D eigenvalue weighted by Crippen LogP contribution is -2.41. The largest absolute Gasteiger partial charge is 0.326 e. The molecule has 2 heterocycles. The van der Waals surface area contributed by atoms with Gasteiger partial charge < -0.3 is 5.32 Å². The molecule has 1 N–H and O–H groups in total. The molecule has 1 aliphatic rings. The molecule has 176 valence electrons. The summed E-state index contributed by atoms with van der Waals surface area (Å²) in [6.07, 6.45) is 2.81. The second-order valence-electron chi connectivity index (χ2n) is 9.13. The Morgan fingerprint density at radius 1 is 0.971 bits per heavy atom. The number of fused-ring (bicyclic) bond motifs is 2. The molecule has 4 aromatic rings. The summed E-state index contributed by atoms with van der Waals surface area (Å²) in [5.41, 5.74) is 1.70. The molecule has 1 amide bonds. The average molecular weight is 477 g/mol. The number of aromatic nitrogens is 2. The number of hydrogen-bond acceptors (Lipinski definition) is 4.